The Bertz CT molecular complexity index is 370. The first-order chi connectivity index (χ1) is 8.38. The van der Waals surface area contributed by atoms with Crippen LogP contribution in [0.1, 0.15) is 66.2 Å². The predicted molar refractivity (Wildman–Crippen MR) is 74.2 cm³/mol. The van der Waals surface area contributed by atoms with E-state index in [2.05, 4.69) is 27.7 Å². The predicted octanol–water partition coefficient (Wildman–Crippen LogP) is 4.45. The van der Waals surface area contributed by atoms with Gasteiger partial charge in [0.2, 0.25) is 0 Å². The third-order valence-corrected chi connectivity index (χ3v) is 7.49. The van der Waals surface area contributed by atoms with Gasteiger partial charge in [-0.1, -0.05) is 27.7 Å². The van der Waals surface area contributed by atoms with Crippen LogP contribution in [0.3, 0.4) is 0 Å². The van der Waals surface area contributed by atoms with Crippen molar-refractivity contribution < 1.29 is 4.79 Å². The molecule has 0 radical (unpaired) electrons. The summed E-state index contributed by atoms with van der Waals surface area (Å²) in [6, 6.07) is 0. The number of fused-ring (bicyclic) bond motifs is 2. The molecule has 1 nitrogen and oxygen atoms in total. The molecule has 0 amide bonds. The van der Waals surface area contributed by atoms with E-state index in [9.17, 15) is 4.79 Å². The Labute approximate surface area is 112 Å². The third kappa shape index (κ3) is 1.42. The summed E-state index contributed by atoms with van der Waals surface area (Å²) < 4.78 is 0. The van der Waals surface area contributed by atoms with Gasteiger partial charge in [-0.2, -0.15) is 0 Å². The number of carbonyl (C=O) groups excluding carboxylic acids is 1. The van der Waals surface area contributed by atoms with Crippen LogP contribution in [0.25, 0.3) is 0 Å². The van der Waals surface area contributed by atoms with Crippen molar-refractivity contribution >= 4 is 5.78 Å². The number of hydrogen-bond donors (Lipinski definition) is 0. The van der Waals surface area contributed by atoms with Crippen LogP contribution in [0.4, 0.5) is 0 Å². The van der Waals surface area contributed by atoms with Gasteiger partial charge in [-0.05, 0) is 60.7 Å². The minimum absolute atomic E-state index is 0.329. The standard InChI is InChI=1S/C17H28O/c1-11-13(6-5-7-15(11)18)14-10-12-8-9-17(14,4)16(12,2)3/h11-14H,5-10H2,1-4H3/t11?,12-,13?,14+,17+/m1/s1. The Morgan fingerprint density at radius 2 is 1.89 bits per heavy atom. The molecular weight excluding hydrogens is 220 g/mol. The van der Waals surface area contributed by atoms with Gasteiger partial charge in [0, 0.05) is 12.3 Å². The summed E-state index contributed by atoms with van der Waals surface area (Å²) in [5, 5.41) is 0. The van der Waals surface area contributed by atoms with Crippen LogP contribution >= 0.6 is 0 Å². The molecule has 0 heterocycles. The zero-order chi connectivity index (χ0) is 13.1. The maximum Gasteiger partial charge on any atom is 0.135 e. The largest absolute Gasteiger partial charge is 0.299 e. The summed E-state index contributed by atoms with van der Waals surface area (Å²) in [5.41, 5.74) is 0.992. The highest BCUT2D eigenvalue weighted by Crippen LogP contribution is 2.70. The minimum Gasteiger partial charge on any atom is -0.299 e. The molecule has 3 saturated carbocycles. The molecule has 2 bridgehead atoms. The van der Waals surface area contributed by atoms with Gasteiger partial charge < -0.3 is 0 Å². The van der Waals surface area contributed by atoms with Crippen molar-refractivity contribution in [3.05, 3.63) is 0 Å². The molecule has 5 atom stereocenters. The Hall–Kier alpha value is -0.330. The maximum absolute atomic E-state index is 12.0. The molecule has 0 aliphatic heterocycles. The van der Waals surface area contributed by atoms with Crippen molar-refractivity contribution in [3.63, 3.8) is 0 Å². The first kappa shape index (κ1) is 12.7. The molecule has 1 heteroatoms. The molecule has 18 heavy (non-hydrogen) atoms. The molecule has 3 fully saturated rings. The molecule has 0 spiro atoms. The Balaban J connectivity index is 1.88. The normalized spacial score (nSPS) is 50.8. The van der Waals surface area contributed by atoms with Crippen molar-refractivity contribution in [1.29, 1.82) is 0 Å². The minimum atomic E-state index is 0.329. The molecule has 0 saturated heterocycles. The topological polar surface area (TPSA) is 17.1 Å². The fourth-order valence-electron chi connectivity index (χ4n) is 5.69. The van der Waals surface area contributed by atoms with Gasteiger partial charge in [-0.3, -0.25) is 4.79 Å². The zero-order valence-electron chi connectivity index (χ0n) is 12.5. The second kappa shape index (κ2) is 3.84. The lowest BCUT2D eigenvalue weighted by Gasteiger charge is -2.45. The lowest BCUT2D eigenvalue weighted by molar-refractivity contribution is -0.128. The Kier molecular flexibility index (Phi) is 2.70. The first-order valence-corrected chi connectivity index (χ1v) is 7.90. The van der Waals surface area contributed by atoms with Crippen LogP contribution in [0.2, 0.25) is 0 Å². The van der Waals surface area contributed by atoms with Crippen LogP contribution in [0, 0.1) is 34.5 Å². The van der Waals surface area contributed by atoms with Gasteiger partial charge in [-0.25, -0.2) is 0 Å². The second-order valence-corrected chi connectivity index (χ2v) is 8.03. The summed E-state index contributed by atoms with van der Waals surface area (Å²) >= 11 is 0. The number of hydrogen-bond acceptors (Lipinski definition) is 1. The fraction of sp³-hybridized carbons (Fsp3) is 0.941. The van der Waals surface area contributed by atoms with E-state index in [4.69, 9.17) is 0 Å². The molecule has 0 aromatic rings. The average Bonchev–Trinajstić information content (AvgIpc) is 2.65. The van der Waals surface area contributed by atoms with Gasteiger partial charge in [0.05, 0.1) is 0 Å². The molecule has 3 rings (SSSR count). The van der Waals surface area contributed by atoms with E-state index < -0.39 is 0 Å². The Morgan fingerprint density at radius 3 is 2.44 bits per heavy atom. The van der Waals surface area contributed by atoms with E-state index in [0.29, 0.717) is 28.4 Å². The van der Waals surface area contributed by atoms with E-state index >= 15 is 0 Å². The van der Waals surface area contributed by atoms with Crippen LogP contribution in [-0.2, 0) is 4.79 Å². The van der Waals surface area contributed by atoms with Crippen LogP contribution in [0.5, 0.6) is 0 Å². The maximum atomic E-state index is 12.0. The quantitative estimate of drug-likeness (QED) is 0.670. The van der Waals surface area contributed by atoms with Crippen LogP contribution < -0.4 is 0 Å². The van der Waals surface area contributed by atoms with E-state index in [0.717, 1.165) is 24.7 Å². The highest BCUT2D eigenvalue weighted by atomic mass is 16.1. The average molecular weight is 248 g/mol. The van der Waals surface area contributed by atoms with Crippen LogP contribution in [0.15, 0.2) is 0 Å². The first-order valence-electron chi connectivity index (χ1n) is 7.90. The molecule has 0 aromatic heterocycles. The van der Waals surface area contributed by atoms with Crippen molar-refractivity contribution in [2.24, 2.45) is 34.5 Å². The van der Waals surface area contributed by atoms with E-state index in [1.807, 2.05) is 0 Å². The van der Waals surface area contributed by atoms with Gasteiger partial charge in [0.1, 0.15) is 5.78 Å². The molecular formula is C17H28O. The van der Waals surface area contributed by atoms with Crippen molar-refractivity contribution in [2.45, 2.75) is 66.2 Å². The number of carbonyl (C=O) groups is 1. The highest BCUT2D eigenvalue weighted by molar-refractivity contribution is 5.81. The molecule has 0 aromatic carbocycles. The number of rotatable bonds is 1. The fourth-order valence-corrected chi connectivity index (χ4v) is 5.69. The van der Waals surface area contributed by atoms with E-state index in [1.165, 1.54) is 25.7 Å². The third-order valence-electron chi connectivity index (χ3n) is 7.49. The molecule has 0 N–H and O–H groups in total. The van der Waals surface area contributed by atoms with Gasteiger partial charge in [0.25, 0.3) is 0 Å². The molecule has 2 unspecified atom stereocenters. The molecule has 3 aliphatic rings. The summed E-state index contributed by atoms with van der Waals surface area (Å²) in [6.07, 6.45) is 7.50. The van der Waals surface area contributed by atoms with Crippen LogP contribution in [-0.4, -0.2) is 5.78 Å². The summed E-state index contributed by atoms with van der Waals surface area (Å²) in [4.78, 5) is 12.0. The van der Waals surface area contributed by atoms with Crippen molar-refractivity contribution in [1.82, 2.24) is 0 Å². The molecule has 102 valence electrons. The lowest BCUT2D eigenvalue weighted by atomic mass is 9.59. The number of Topliss-reactive ketones (excluding diaryl/α,β-unsaturated/α-hetero) is 1. The summed E-state index contributed by atoms with van der Waals surface area (Å²) in [5.74, 6) is 3.27. The second-order valence-electron chi connectivity index (χ2n) is 8.03. The van der Waals surface area contributed by atoms with E-state index in [1.54, 1.807) is 0 Å². The summed E-state index contributed by atoms with van der Waals surface area (Å²) in [6.45, 7) is 9.70. The van der Waals surface area contributed by atoms with E-state index in [-0.39, 0.29) is 0 Å². The lowest BCUT2D eigenvalue weighted by Crippen LogP contribution is -2.41. The monoisotopic (exact) mass is 248 g/mol. The summed E-state index contributed by atoms with van der Waals surface area (Å²) in [7, 11) is 0. The van der Waals surface area contributed by atoms with Crippen molar-refractivity contribution in [2.75, 3.05) is 0 Å². The zero-order valence-corrected chi connectivity index (χ0v) is 12.5. The highest BCUT2D eigenvalue weighted by Gasteiger charge is 2.63. The van der Waals surface area contributed by atoms with Gasteiger partial charge in [-0.15, -0.1) is 0 Å². The van der Waals surface area contributed by atoms with Gasteiger partial charge >= 0.3 is 0 Å². The SMILES string of the molecule is CC1C(=O)CCCC1[C@@H]1C[C@H]2CC[C@]1(C)C2(C)C. The smallest absolute Gasteiger partial charge is 0.135 e. The molecule has 3 aliphatic carbocycles. The Morgan fingerprint density at radius 1 is 1.17 bits per heavy atom. The van der Waals surface area contributed by atoms with Crippen molar-refractivity contribution in [3.8, 4) is 0 Å². The van der Waals surface area contributed by atoms with Gasteiger partial charge in [0.15, 0.2) is 0 Å². The number of ketones is 1.